The molecule has 0 atom stereocenters. The molecule has 4 rings (SSSR count). The van der Waals surface area contributed by atoms with Crippen LogP contribution >= 0.6 is 0 Å². The van der Waals surface area contributed by atoms with Gasteiger partial charge in [0, 0.05) is 31.9 Å². The van der Waals surface area contributed by atoms with Gasteiger partial charge in [0.2, 0.25) is 0 Å². The predicted molar refractivity (Wildman–Crippen MR) is 100 cm³/mol. The van der Waals surface area contributed by atoms with Crippen molar-refractivity contribution in [2.75, 3.05) is 31.1 Å². The Bertz CT molecular complexity index is 854. The number of hydrogen-bond donors (Lipinski definition) is 0. The molecule has 6 nitrogen and oxygen atoms in total. The van der Waals surface area contributed by atoms with Crippen molar-refractivity contribution in [2.24, 2.45) is 0 Å². The van der Waals surface area contributed by atoms with Gasteiger partial charge in [-0.15, -0.1) is 5.10 Å². The van der Waals surface area contributed by atoms with E-state index < -0.39 is 0 Å². The number of para-hydroxylation sites is 1. The van der Waals surface area contributed by atoms with E-state index in [0.717, 1.165) is 18.7 Å². The van der Waals surface area contributed by atoms with Gasteiger partial charge in [-0.1, -0.05) is 53.7 Å². The molecule has 0 spiro atoms. The first-order valence-electron chi connectivity index (χ1n) is 8.83. The first-order valence-corrected chi connectivity index (χ1v) is 8.83. The number of amides is 1. The van der Waals surface area contributed by atoms with Gasteiger partial charge >= 0.3 is 0 Å². The maximum Gasteiger partial charge on any atom is 0.276 e. The average Bonchev–Trinajstić information content (AvgIpc) is 3.17. The first kappa shape index (κ1) is 16.3. The molecule has 1 aliphatic rings. The Morgan fingerprint density at radius 1 is 0.885 bits per heavy atom. The molecule has 0 aliphatic carbocycles. The van der Waals surface area contributed by atoms with Gasteiger partial charge in [-0.25, -0.2) is 4.68 Å². The third kappa shape index (κ3) is 3.59. The largest absolute Gasteiger partial charge is 0.368 e. The molecule has 1 fully saturated rings. The van der Waals surface area contributed by atoms with Crippen molar-refractivity contribution in [3.05, 3.63) is 78.1 Å². The summed E-state index contributed by atoms with van der Waals surface area (Å²) in [7, 11) is 0. The fraction of sp³-hybridized carbons (Fsp3) is 0.250. The fourth-order valence-corrected chi connectivity index (χ4v) is 3.21. The summed E-state index contributed by atoms with van der Waals surface area (Å²) < 4.78 is 1.71. The number of carbonyl (C=O) groups excluding carboxylic acids is 1. The molecule has 1 amide bonds. The second-order valence-electron chi connectivity index (χ2n) is 6.40. The summed E-state index contributed by atoms with van der Waals surface area (Å²) in [5, 5.41) is 8.17. The van der Waals surface area contributed by atoms with Gasteiger partial charge in [-0.3, -0.25) is 4.79 Å². The van der Waals surface area contributed by atoms with Crippen molar-refractivity contribution in [3.63, 3.8) is 0 Å². The molecule has 2 heterocycles. The Balaban J connectivity index is 1.37. The first-order chi connectivity index (χ1) is 12.8. The van der Waals surface area contributed by atoms with Gasteiger partial charge in [0.25, 0.3) is 5.91 Å². The molecule has 1 saturated heterocycles. The number of piperazine rings is 1. The summed E-state index contributed by atoms with van der Waals surface area (Å²) in [6, 6.07) is 20.3. The van der Waals surface area contributed by atoms with Crippen LogP contribution in [-0.2, 0) is 6.54 Å². The number of benzene rings is 2. The number of rotatable bonds is 4. The summed E-state index contributed by atoms with van der Waals surface area (Å²) in [5.41, 5.74) is 2.75. The van der Waals surface area contributed by atoms with Gasteiger partial charge in [-0.2, -0.15) is 0 Å². The molecular weight excluding hydrogens is 326 g/mol. The van der Waals surface area contributed by atoms with Crippen molar-refractivity contribution in [3.8, 4) is 0 Å². The quantitative estimate of drug-likeness (QED) is 0.727. The summed E-state index contributed by atoms with van der Waals surface area (Å²) in [4.78, 5) is 16.9. The lowest BCUT2D eigenvalue weighted by atomic mass is 10.2. The Morgan fingerprint density at radius 2 is 1.54 bits per heavy atom. The zero-order valence-electron chi connectivity index (χ0n) is 14.5. The molecule has 6 heteroatoms. The Morgan fingerprint density at radius 3 is 2.23 bits per heavy atom. The number of hydrogen-bond acceptors (Lipinski definition) is 4. The molecule has 1 aromatic heterocycles. The maximum absolute atomic E-state index is 12.7. The van der Waals surface area contributed by atoms with E-state index in [4.69, 9.17) is 0 Å². The van der Waals surface area contributed by atoms with Crippen LogP contribution in [0.4, 0.5) is 5.69 Å². The normalized spacial score (nSPS) is 14.5. The van der Waals surface area contributed by atoms with Crippen LogP contribution < -0.4 is 4.90 Å². The van der Waals surface area contributed by atoms with E-state index in [-0.39, 0.29) is 5.91 Å². The van der Waals surface area contributed by atoms with E-state index in [1.165, 1.54) is 5.69 Å². The molecule has 0 unspecified atom stereocenters. The number of nitrogens with zero attached hydrogens (tertiary/aromatic N) is 5. The van der Waals surface area contributed by atoms with Crippen LogP contribution in [0.3, 0.4) is 0 Å². The fourth-order valence-electron chi connectivity index (χ4n) is 3.21. The molecule has 1 aliphatic heterocycles. The number of anilines is 1. The van der Waals surface area contributed by atoms with Crippen molar-refractivity contribution in [1.29, 1.82) is 0 Å². The third-order valence-corrected chi connectivity index (χ3v) is 4.63. The highest BCUT2D eigenvalue weighted by Crippen LogP contribution is 2.16. The second-order valence-corrected chi connectivity index (χ2v) is 6.40. The molecule has 26 heavy (non-hydrogen) atoms. The molecule has 3 aromatic rings. The Labute approximate surface area is 152 Å². The van der Waals surface area contributed by atoms with Gasteiger partial charge < -0.3 is 9.80 Å². The molecule has 0 bridgehead atoms. The highest BCUT2D eigenvalue weighted by atomic mass is 16.2. The lowest BCUT2D eigenvalue weighted by Crippen LogP contribution is -2.48. The minimum absolute atomic E-state index is 0.0444. The van der Waals surface area contributed by atoms with Crippen molar-refractivity contribution in [2.45, 2.75) is 6.54 Å². The van der Waals surface area contributed by atoms with Crippen LogP contribution in [0, 0.1) is 0 Å². The van der Waals surface area contributed by atoms with Gasteiger partial charge in [-0.05, 0) is 17.7 Å². The van der Waals surface area contributed by atoms with E-state index in [0.29, 0.717) is 25.3 Å². The highest BCUT2D eigenvalue weighted by Gasteiger charge is 2.24. The van der Waals surface area contributed by atoms with E-state index >= 15 is 0 Å². The second kappa shape index (κ2) is 7.39. The van der Waals surface area contributed by atoms with Crippen molar-refractivity contribution >= 4 is 11.6 Å². The molecular formula is C20H21N5O. The van der Waals surface area contributed by atoms with Crippen LogP contribution in [-0.4, -0.2) is 52.0 Å². The third-order valence-electron chi connectivity index (χ3n) is 4.63. The Kier molecular flexibility index (Phi) is 4.64. The summed E-state index contributed by atoms with van der Waals surface area (Å²) in [5.74, 6) is -0.0444. The zero-order chi connectivity index (χ0) is 17.8. The van der Waals surface area contributed by atoms with Gasteiger partial charge in [0.05, 0.1) is 12.7 Å². The van der Waals surface area contributed by atoms with Crippen molar-refractivity contribution in [1.82, 2.24) is 19.9 Å². The maximum atomic E-state index is 12.7. The molecule has 0 N–H and O–H groups in total. The van der Waals surface area contributed by atoms with E-state index in [1.807, 2.05) is 53.4 Å². The predicted octanol–water partition coefficient (Wildman–Crippen LogP) is 2.29. The molecule has 132 valence electrons. The lowest BCUT2D eigenvalue weighted by molar-refractivity contribution is 0.0740. The molecule has 2 aromatic carbocycles. The van der Waals surface area contributed by atoms with Gasteiger partial charge in [0.15, 0.2) is 5.69 Å². The monoisotopic (exact) mass is 347 g/mol. The minimum Gasteiger partial charge on any atom is -0.368 e. The molecule has 0 radical (unpaired) electrons. The van der Waals surface area contributed by atoms with Crippen LogP contribution in [0.15, 0.2) is 66.9 Å². The Hall–Kier alpha value is -3.15. The minimum atomic E-state index is -0.0444. The highest BCUT2D eigenvalue weighted by molar-refractivity contribution is 5.92. The lowest BCUT2D eigenvalue weighted by Gasteiger charge is -2.35. The van der Waals surface area contributed by atoms with Crippen molar-refractivity contribution < 1.29 is 4.79 Å². The SMILES string of the molecule is O=C(c1cn(Cc2ccccc2)nn1)N1CCN(c2ccccc2)CC1. The van der Waals surface area contributed by atoms with E-state index in [9.17, 15) is 4.79 Å². The topological polar surface area (TPSA) is 54.3 Å². The number of aromatic nitrogens is 3. The van der Waals surface area contributed by atoms with Gasteiger partial charge in [0.1, 0.15) is 0 Å². The summed E-state index contributed by atoms with van der Waals surface area (Å²) >= 11 is 0. The van der Waals surface area contributed by atoms with E-state index in [2.05, 4.69) is 27.3 Å². The zero-order valence-corrected chi connectivity index (χ0v) is 14.5. The summed E-state index contributed by atoms with van der Waals surface area (Å²) in [6.07, 6.45) is 1.74. The average molecular weight is 347 g/mol. The van der Waals surface area contributed by atoms with Crippen LogP contribution in [0.2, 0.25) is 0 Å². The van der Waals surface area contributed by atoms with Crippen LogP contribution in [0.1, 0.15) is 16.1 Å². The summed E-state index contributed by atoms with van der Waals surface area (Å²) in [6.45, 7) is 3.66. The van der Waals surface area contributed by atoms with Crippen LogP contribution in [0.25, 0.3) is 0 Å². The molecule has 0 saturated carbocycles. The van der Waals surface area contributed by atoms with Crippen LogP contribution in [0.5, 0.6) is 0 Å². The smallest absolute Gasteiger partial charge is 0.276 e. The number of carbonyl (C=O) groups is 1. The van der Waals surface area contributed by atoms with E-state index in [1.54, 1.807) is 10.9 Å². The standard InChI is InChI=1S/C20H21N5O/c26-20(19-16-25(22-21-19)15-17-7-3-1-4-8-17)24-13-11-23(12-14-24)18-9-5-2-6-10-18/h1-10,16H,11-15H2.